The molecule has 0 spiro atoms. The second kappa shape index (κ2) is 7.36. The number of carbonyl (C=O) groups is 2. The molecule has 0 saturated heterocycles. The minimum atomic E-state index is -0.750. The molecule has 138 valence electrons. The average molecular weight is 370 g/mol. The van der Waals surface area contributed by atoms with Crippen LogP contribution in [0.1, 0.15) is 26.4 Å². The number of nitrogens with one attached hydrogen (secondary N) is 2. The van der Waals surface area contributed by atoms with Gasteiger partial charge >= 0.3 is 0 Å². The lowest BCUT2D eigenvalue weighted by Crippen LogP contribution is -2.16. The number of anilines is 2. The smallest absolute Gasteiger partial charge is 0.276 e. The summed E-state index contributed by atoms with van der Waals surface area (Å²) in [6.45, 7) is 1.77. The number of hydrogen-bond donors (Lipinski definition) is 2. The number of aryl methyl sites for hydroxylation is 2. The van der Waals surface area contributed by atoms with Crippen molar-refractivity contribution in [3.05, 3.63) is 77.1 Å². The van der Waals surface area contributed by atoms with Crippen molar-refractivity contribution in [2.45, 2.75) is 6.92 Å². The third-order valence-corrected chi connectivity index (χ3v) is 3.87. The number of carbonyl (C=O) groups excluding carboxylic acids is 2. The fourth-order valence-corrected chi connectivity index (χ4v) is 2.41. The van der Waals surface area contributed by atoms with Crippen molar-refractivity contribution in [3.8, 4) is 0 Å². The van der Waals surface area contributed by atoms with Gasteiger partial charge in [-0.2, -0.15) is 5.10 Å². The fourth-order valence-electron chi connectivity index (χ4n) is 2.41. The van der Waals surface area contributed by atoms with E-state index in [9.17, 15) is 18.4 Å². The molecule has 0 aliphatic heterocycles. The molecule has 3 rings (SSSR count). The first kappa shape index (κ1) is 18.2. The molecular formula is C19H16F2N4O2. The van der Waals surface area contributed by atoms with Gasteiger partial charge in [0.25, 0.3) is 11.8 Å². The SMILES string of the molecule is Cc1ccc(C(=O)Nc2cc(F)ccc2F)cc1NC(=O)c1ccn(C)n1. The molecule has 0 radical (unpaired) electrons. The summed E-state index contributed by atoms with van der Waals surface area (Å²) in [5.74, 6) is -2.47. The summed E-state index contributed by atoms with van der Waals surface area (Å²) in [6, 6.07) is 8.98. The van der Waals surface area contributed by atoms with Crippen molar-refractivity contribution >= 4 is 23.2 Å². The molecule has 0 unspecified atom stereocenters. The zero-order chi connectivity index (χ0) is 19.6. The molecule has 0 fully saturated rings. The van der Waals surface area contributed by atoms with Crippen molar-refractivity contribution in [3.63, 3.8) is 0 Å². The Kier molecular flexibility index (Phi) is 4.98. The van der Waals surface area contributed by atoms with Crippen molar-refractivity contribution in [2.75, 3.05) is 10.6 Å². The topological polar surface area (TPSA) is 76.0 Å². The second-order valence-corrected chi connectivity index (χ2v) is 5.94. The maximum absolute atomic E-state index is 13.7. The van der Waals surface area contributed by atoms with Gasteiger partial charge in [0.05, 0.1) is 5.69 Å². The van der Waals surface area contributed by atoms with Crippen LogP contribution in [0.4, 0.5) is 20.2 Å². The number of halogens is 2. The molecule has 0 saturated carbocycles. The maximum atomic E-state index is 13.7. The van der Waals surface area contributed by atoms with Crippen LogP contribution in [0.2, 0.25) is 0 Å². The van der Waals surface area contributed by atoms with Crippen LogP contribution in [0.3, 0.4) is 0 Å². The fraction of sp³-hybridized carbons (Fsp3) is 0.105. The molecule has 0 aliphatic carbocycles. The van der Waals surface area contributed by atoms with Gasteiger partial charge in [-0.25, -0.2) is 8.78 Å². The monoisotopic (exact) mass is 370 g/mol. The highest BCUT2D eigenvalue weighted by molar-refractivity contribution is 6.07. The van der Waals surface area contributed by atoms with Gasteiger partial charge in [-0.3, -0.25) is 14.3 Å². The van der Waals surface area contributed by atoms with Crippen molar-refractivity contribution < 1.29 is 18.4 Å². The largest absolute Gasteiger partial charge is 0.320 e. The first-order chi connectivity index (χ1) is 12.8. The molecule has 2 aromatic carbocycles. The van der Waals surface area contributed by atoms with E-state index in [1.165, 1.54) is 16.8 Å². The zero-order valence-corrected chi connectivity index (χ0v) is 14.6. The van der Waals surface area contributed by atoms with Crippen LogP contribution in [0.5, 0.6) is 0 Å². The predicted molar refractivity (Wildman–Crippen MR) is 96.7 cm³/mol. The lowest BCUT2D eigenvalue weighted by Gasteiger charge is -2.11. The highest BCUT2D eigenvalue weighted by Crippen LogP contribution is 2.20. The number of amides is 2. The van der Waals surface area contributed by atoms with E-state index in [4.69, 9.17) is 0 Å². The van der Waals surface area contributed by atoms with E-state index in [0.29, 0.717) is 5.69 Å². The molecule has 0 aliphatic rings. The molecule has 8 heteroatoms. The second-order valence-electron chi connectivity index (χ2n) is 5.94. The Balaban J connectivity index is 1.81. The molecule has 27 heavy (non-hydrogen) atoms. The minimum Gasteiger partial charge on any atom is -0.320 e. The third kappa shape index (κ3) is 4.17. The Morgan fingerprint density at radius 1 is 0.963 bits per heavy atom. The Labute approximate surface area is 153 Å². The van der Waals surface area contributed by atoms with Gasteiger partial charge in [0.2, 0.25) is 0 Å². The van der Waals surface area contributed by atoms with Crippen molar-refractivity contribution in [1.29, 1.82) is 0 Å². The Morgan fingerprint density at radius 3 is 2.41 bits per heavy atom. The van der Waals surface area contributed by atoms with Crippen LogP contribution in [0, 0.1) is 18.6 Å². The minimum absolute atomic E-state index is 0.181. The molecule has 2 N–H and O–H groups in total. The average Bonchev–Trinajstić information content (AvgIpc) is 3.06. The van der Waals surface area contributed by atoms with Gasteiger partial charge in [0.1, 0.15) is 11.6 Å². The molecule has 0 atom stereocenters. The quantitative estimate of drug-likeness (QED) is 0.738. The van der Waals surface area contributed by atoms with Gasteiger partial charge in [-0.05, 0) is 42.8 Å². The van der Waals surface area contributed by atoms with Crippen LogP contribution in [-0.2, 0) is 7.05 Å². The van der Waals surface area contributed by atoms with Gasteiger partial charge in [0, 0.05) is 30.6 Å². The van der Waals surface area contributed by atoms with E-state index in [-0.39, 0.29) is 16.9 Å². The zero-order valence-electron chi connectivity index (χ0n) is 14.6. The molecule has 3 aromatic rings. The summed E-state index contributed by atoms with van der Waals surface area (Å²) >= 11 is 0. The van der Waals surface area contributed by atoms with Gasteiger partial charge in [-0.1, -0.05) is 6.07 Å². The van der Waals surface area contributed by atoms with E-state index in [1.54, 1.807) is 32.3 Å². The summed E-state index contributed by atoms with van der Waals surface area (Å²) in [5.41, 5.74) is 1.29. The Bertz CT molecular complexity index is 1030. The lowest BCUT2D eigenvalue weighted by atomic mass is 10.1. The third-order valence-electron chi connectivity index (χ3n) is 3.87. The van der Waals surface area contributed by atoms with E-state index in [2.05, 4.69) is 15.7 Å². The summed E-state index contributed by atoms with van der Waals surface area (Å²) in [5, 5.41) is 9.03. The van der Waals surface area contributed by atoms with E-state index < -0.39 is 23.4 Å². The molecule has 2 amide bonds. The molecule has 1 heterocycles. The first-order valence-electron chi connectivity index (χ1n) is 8.01. The number of nitrogens with zero attached hydrogens (tertiary/aromatic N) is 2. The molecule has 0 bridgehead atoms. The number of benzene rings is 2. The molecular weight excluding hydrogens is 354 g/mol. The van der Waals surface area contributed by atoms with E-state index in [1.807, 2.05) is 0 Å². The Morgan fingerprint density at radius 2 is 1.70 bits per heavy atom. The predicted octanol–water partition coefficient (Wildman–Crippen LogP) is 3.51. The molecule has 1 aromatic heterocycles. The lowest BCUT2D eigenvalue weighted by molar-refractivity contribution is 0.101. The summed E-state index contributed by atoms with van der Waals surface area (Å²) in [6.07, 6.45) is 1.64. The van der Waals surface area contributed by atoms with Crippen molar-refractivity contribution in [2.24, 2.45) is 7.05 Å². The summed E-state index contributed by atoms with van der Waals surface area (Å²) < 4.78 is 28.5. The summed E-state index contributed by atoms with van der Waals surface area (Å²) in [7, 11) is 1.69. The first-order valence-corrected chi connectivity index (χ1v) is 8.01. The van der Waals surface area contributed by atoms with Gasteiger partial charge in [-0.15, -0.1) is 0 Å². The number of rotatable bonds is 4. The van der Waals surface area contributed by atoms with E-state index >= 15 is 0 Å². The van der Waals surface area contributed by atoms with E-state index in [0.717, 1.165) is 23.8 Å². The maximum Gasteiger partial charge on any atom is 0.276 e. The summed E-state index contributed by atoms with van der Waals surface area (Å²) in [4.78, 5) is 24.6. The van der Waals surface area contributed by atoms with Gasteiger partial charge < -0.3 is 10.6 Å². The highest BCUT2D eigenvalue weighted by atomic mass is 19.1. The Hall–Kier alpha value is -3.55. The normalized spacial score (nSPS) is 10.5. The highest BCUT2D eigenvalue weighted by Gasteiger charge is 2.14. The number of hydrogen-bond acceptors (Lipinski definition) is 3. The van der Waals surface area contributed by atoms with Crippen LogP contribution in [0.25, 0.3) is 0 Å². The van der Waals surface area contributed by atoms with Crippen molar-refractivity contribution in [1.82, 2.24) is 9.78 Å². The standard InChI is InChI=1S/C19H16F2N4O2/c1-11-3-4-12(18(26)23-17-10-13(20)5-6-14(17)21)9-16(11)22-19(27)15-7-8-25(2)24-15/h3-10H,1-2H3,(H,22,27)(H,23,26). The van der Waals surface area contributed by atoms with Crippen LogP contribution < -0.4 is 10.6 Å². The van der Waals surface area contributed by atoms with Crippen LogP contribution >= 0.6 is 0 Å². The van der Waals surface area contributed by atoms with Gasteiger partial charge in [0.15, 0.2) is 5.69 Å². The van der Waals surface area contributed by atoms with Crippen LogP contribution in [-0.4, -0.2) is 21.6 Å². The number of aromatic nitrogens is 2. The molecule has 6 nitrogen and oxygen atoms in total. The van der Waals surface area contributed by atoms with Crippen LogP contribution in [0.15, 0.2) is 48.7 Å².